The lowest BCUT2D eigenvalue weighted by Crippen LogP contribution is -1.99. The van der Waals surface area contributed by atoms with Crippen LogP contribution in [0.4, 0.5) is 0 Å². The van der Waals surface area contributed by atoms with Crippen LogP contribution in [0, 0.1) is 18.6 Å². The molecular weight excluding hydrogens is 140 g/mol. The van der Waals surface area contributed by atoms with Gasteiger partial charge in [-0.3, -0.25) is 0 Å². The van der Waals surface area contributed by atoms with Crippen LogP contribution in [0.5, 0.6) is 0 Å². The summed E-state index contributed by atoms with van der Waals surface area (Å²) in [7, 11) is 0. The van der Waals surface area contributed by atoms with Gasteiger partial charge in [-0.15, -0.1) is 0 Å². The predicted octanol–water partition coefficient (Wildman–Crippen LogP) is 1.96. The normalized spacial score (nSPS) is 24.0. The number of hydrogen-bond donors (Lipinski definition) is 0. The summed E-state index contributed by atoms with van der Waals surface area (Å²) in [6, 6.07) is 0. The Kier molecular flexibility index (Phi) is 2.44. The Hall–Kier alpha value is -0.0800. The van der Waals surface area contributed by atoms with Gasteiger partial charge in [-0.25, -0.2) is 0 Å². The van der Waals surface area contributed by atoms with E-state index < -0.39 is 0 Å². The zero-order chi connectivity index (χ0) is 7.52. The molecule has 0 unspecified atom stereocenters. The minimum atomic E-state index is 0.829. The van der Waals surface area contributed by atoms with E-state index in [-0.39, 0.29) is 0 Å². The van der Waals surface area contributed by atoms with Gasteiger partial charge in [0.2, 0.25) is 6.79 Å². The lowest BCUT2D eigenvalue weighted by Gasteiger charge is -2.01. The Bertz CT molecular complexity index is 103. The maximum absolute atomic E-state index is 5.19. The summed E-state index contributed by atoms with van der Waals surface area (Å²) >= 11 is 0. The first kappa shape index (κ1) is 7.56. The Balaban J connectivity index is 1.35. The first-order chi connectivity index (χ1) is 5.45. The van der Waals surface area contributed by atoms with Crippen LogP contribution >= 0.6 is 0 Å². The fourth-order valence-corrected chi connectivity index (χ4v) is 0.968. The van der Waals surface area contributed by atoms with Crippen molar-refractivity contribution in [2.75, 3.05) is 13.2 Å². The van der Waals surface area contributed by atoms with E-state index in [4.69, 9.17) is 9.47 Å². The molecule has 2 saturated carbocycles. The molecule has 0 aromatic rings. The zero-order valence-corrected chi connectivity index (χ0v) is 6.79. The van der Waals surface area contributed by atoms with Crippen molar-refractivity contribution < 1.29 is 9.47 Å². The average molecular weight is 155 g/mol. The topological polar surface area (TPSA) is 18.5 Å². The Morgan fingerprint density at radius 3 is 1.73 bits per heavy atom. The van der Waals surface area contributed by atoms with Crippen LogP contribution in [0.2, 0.25) is 0 Å². The van der Waals surface area contributed by atoms with Gasteiger partial charge in [0.1, 0.15) is 0 Å². The summed E-state index contributed by atoms with van der Waals surface area (Å²) in [6.07, 6.45) is 5.37. The molecule has 11 heavy (non-hydrogen) atoms. The highest BCUT2D eigenvalue weighted by molar-refractivity contribution is 4.73. The summed E-state index contributed by atoms with van der Waals surface area (Å²) in [4.78, 5) is 0. The van der Waals surface area contributed by atoms with Crippen molar-refractivity contribution in [3.63, 3.8) is 0 Å². The molecule has 0 atom stereocenters. The van der Waals surface area contributed by atoms with Gasteiger partial charge in [-0.1, -0.05) is 0 Å². The Morgan fingerprint density at radius 2 is 1.36 bits per heavy atom. The number of rotatable bonds is 6. The van der Waals surface area contributed by atoms with Gasteiger partial charge < -0.3 is 9.47 Å². The Morgan fingerprint density at radius 1 is 0.909 bits per heavy atom. The molecule has 0 bridgehead atoms. The summed E-state index contributed by atoms with van der Waals surface area (Å²) < 4.78 is 10.4. The standard InChI is InChI=1S/C9H15O2/c1-2-8(1)5-10-7-11-6-9-3-4-9/h7-9H,1-6H2. The van der Waals surface area contributed by atoms with Crippen LogP contribution in [0.3, 0.4) is 0 Å². The van der Waals surface area contributed by atoms with Crippen LogP contribution in [0.1, 0.15) is 25.7 Å². The zero-order valence-electron chi connectivity index (χ0n) is 6.79. The highest BCUT2D eigenvalue weighted by Crippen LogP contribution is 2.30. The first-order valence-corrected chi connectivity index (χ1v) is 4.50. The largest absolute Gasteiger partial charge is 0.348 e. The van der Waals surface area contributed by atoms with E-state index in [0.29, 0.717) is 0 Å². The fourth-order valence-electron chi connectivity index (χ4n) is 0.968. The smallest absolute Gasteiger partial charge is 0.209 e. The third-order valence-electron chi connectivity index (χ3n) is 2.19. The van der Waals surface area contributed by atoms with Gasteiger partial charge in [0.25, 0.3) is 0 Å². The molecule has 0 aromatic carbocycles. The molecule has 0 amide bonds. The van der Waals surface area contributed by atoms with Crippen molar-refractivity contribution >= 4 is 0 Å². The molecule has 0 heterocycles. The summed E-state index contributed by atoms with van der Waals surface area (Å²) in [5.41, 5.74) is 0. The predicted molar refractivity (Wildman–Crippen MR) is 41.7 cm³/mol. The molecular formula is C9H15O2. The monoisotopic (exact) mass is 155 g/mol. The molecule has 0 aliphatic heterocycles. The first-order valence-electron chi connectivity index (χ1n) is 4.50. The van der Waals surface area contributed by atoms with E-state index in [0.717, 1.165) is 25.0 Å². The Labute approximate surface area is 67.9 Å². The average Bonchev–Trinajstić information content (AvgIpc) is 2.83. The molecule has 2 nitrogen and oxygen atoms in total. The van der Waals surface area contributed by atoms with Gasteiger partial charge >= 0.3 is 0 Å². The van der Waals surface area contributed by atoms with Gasteiger partial charge in [0, 0.05) is 0 Å². The third kappa shape index (κ3) is 3.21. The quantitative estimate of drug-likeness (QED) is 0.546. The maximum Gasteiger partial charge on any atom is 0.209 e. The maximum atomic E-state index is 5.19. The third-order valence-corrected chi connectivity index (χ3v) is 2.19. The van der Waals surface area contributed by atoms with Crippen molar-refractivity contribution in [3.8, 4) is 0 Å². The second-order valence-corrected chi connectivity index (χ2v) is 3.65. The van der Waals surface area contributed by atoms with E-state index in [2.05, 4.69) is 0 Å². The van der Waals surface area contributed by atoms with Gasteiger partial charge in [-0.05, 0) is 37.5 Å². The van der Waals surface area contributed by atoms with E-state index >= 15 is 0 Å². The molecule has 2 rings (SSSR count). The molecule has 63 valence electrons. The molecule has 0 aromatic heterocycles. The van der Waals surface area contributed by atoms with Crippen LogP contribution in [-0.4, -0.2) is 13.2 Å². The number of ether oxygens (including phenoxy) is 2. The van der Waals surface area contributed by atoms with Crippen LogP contribution in [0.25, 0.3) is 0 Å². The summed E-state index contributed by atoms with van der Waals surface area (Å²) in [6.45, 7) is 3.26. The highest BCUT2D eigenvalue weighted by atomic mass is 16.7. The molecule has 0 spiro atoms. The molecule has 2 heteroatoms. The van der Waals surface area contributed by atoms with E-state index in [9.17, 15) is 0 Å². The molecule has 1 radical (unpaired) electrons. The molecule has 2 fully saturated rings. The van der Waals surface area contributed by atoms with Crippen LogP contribution in [0.15, 0.2) is 0 Å². The van der Waals surface area contributed by atoms with Crippen molar-refractivity contribution in [2.45, 2.75) is 25.7 Å². The second kappa shape index (κ2) is 3.55. The van der Waals surface area contributed by atoms with Gasteiger partial charge in [0.15, 0.2) is 0 Å². The molecule has 0 N–H and O–H groups in total. The van der Waals surface area contributed by atoms with Crippen molar-refractivity contribution in [2.24, 2.45) is 11.8 Å². The lowest BCUT2D eigenvalue weighted by atomic mass is 10.5. The second-order valence-electron chi connectivity index (χ2n) is 3.65. The minimum absolute atomic E-state index is 0.829. The van der Waals surface area contributed by atoms with Crippen LogP contribution < -0.4 is 0 Å². The van der Waals surface area contributed by atoms with Gasteiger partial charge in [-0.2, -0.15) is 0 Å². The van der Waals surface area contributed by atoms with E-state index in [1.54, 1.807) is 0 Å². The fraction of sp³-hybridized carbons (Fsp3) is 0.889. The number of hydrogen-bond acceptors (Lipinski definition) is 2. The lowest BCUT2D eigenvalue weighted by molar-refractivity contribution is 0.0124. The minimum Gasteiger partial charge on any atom is -0.348 e. The summed E-state index contributed by atoms with van der Waals surface area (Å²) in [5, 5.41) is 0. The molecule has 0 saturated heterocycles. The van der Waals surface area contributed by atoms with E-state index in [1.165, 1.54) is 32.5 Å². The van der Waals surface area contributed by atoms with E-state index in [1.807, 2.05) is 0 Å². The van der Waals surface area contributed by atoms with Crippen molar-refractivity contribution in [1.82, 2.24) is 0 Å². The molecule has 2 aliphatic rings. The SMILES string of the molecule is [CH](OCC1CC1)OCC1CC1. The van der Waals surface area contributed by atoms with Crippen molar-refractivity contribution in [3.05, 3.63) is 6.79 Å². The van der Waals surface area contributed by atoms with Crippen LogP contribution in [-0.2, 0) is 9.47 Å². The van der Waals surface area contributed by atoms with Gasteiger partial charge in [0.05, 0.1) is 13.2 Å². The van der Waals surface area contributed by atoms with Crippen molar-refractivity contribution in [1.29, 1.82) is 0 Å². The molecule has 2 aliphatic carbocycles. The highest BCUT2D eigenvalue weighted by Gasteiger charge is 2.22. The summed E-state index contributed by atoms with van der Waals surface area (Å²) in [5.74, 6) is 1.66.